The summed E-state index contributed by atoms with van der Waals surface area (Å²) < 4.78 is 0. The highest BCUT2D eigenvalue weighted by molar-refractivity contribution is 5.97. The normalized spacial score (nSPS) is 23.2. The van der Waals surface area contributed by atoms with E-state index in [1.165, 1.54) is 0 Å². The van der Waals surface area contributed by atoms with Crippen LogP contribution in [-0.2, 0) is 36.8 Å². The van der Waals surface area contributed by atoms with Gasteiger partial charge < -0.3 is 20.9 Å². The minimum absolute atomic E-state index is 0.208. The Kier molecular flexibility index (Phi) is 11.9. The van der Waals surface area contributed by atoms with Crippen LogP contribution in [0.25, 0.3) is 0 Å². The highest BCUT2D eigenvalue weighted by Crippen LogP contribution is 2.21. The average Bonchev–Trinajstić information content (AvgIpc) is 3.03. The molecule has 2 aromatic rings. The molecule has 2 fully saturated rings. The second-order valence-corrected chi connectivity index (χ2v) is 11.6. The number of amides is 4. The molecule has 0 saturated carbocycles. The number of nitrogens with zero attached hydrogens (tertiary/aromatic N) is 1. The molecule has 2 saturated heterocycles. The number of unbranched alkanes of at least 4 members (excludes halogenated alkanes) is 2. The molecule has 2 heterocycles. The third-order valence-electron chi connectivity index (χ3n) is 8.38. The summed E-state index contributed by atoms with van der Waals surface area (Å²) in [5.41, 5.74) is 1.74. The molecule has 2 aliphatic heterocycles. The van der Waals surface area contributed by atoms with Crippen LogP contribution in [0.1, 0.15) is 75.8 Å². The van der Waals surface area contributed by atoms with E-state index >= 15 is 0 Å². The van der Waals surface area contributed by atoms with Gasteiger partial charge in [-0.25, -0.2) is 0 Å². The standard InChI is InChI=1S/C34H44N4O5/c1-2-26(39)18-10-5-11-19-27-31(40)36-28(22-24-14-6-3-7-15-24)32(41)37-29(23-25-16-8-4-9-17-25)34(43)38-21-13-12-20-30(38)33(42)35-27/h3-4,6-9,14-17,27-30H,2,5,10-13,18-23H2,1H3,(H,35,42)(H,36,40)(H,37,41). The lowest BCUT2D eigenvalue weighted by atomic mass is 9.96. The lowest BCUT2D eigenvalue weighted by Crippen LogP contribution is -2.63. The number of hydrogen-bond donors (Lipinski definition) is 3. The lowest BCUT2D eigenvalue weighted by molar-refractivity contribution is -0.146. The van der Waals surface area contributed by atoms with Gasteiger partial charge >= 0.3 is 0 Å². The van der Waals surface area contributed by atoms with Crippen LogP contribution in [-0.4, -0.2) is 65.0 Å². The smallest absolute Gasteiger partial charge is 0.246 e. The van der Waals surface area contributed by atoms with Crippen LogP contribution < -0.4 is 16.0 Å². The lowest BCUT2D eigenvalue weighted by Gasteiger charge is -2.38. The zero-order chi connectivity index (χ0) is 30.6. The van der Waals surface area contributed by atoms with E-state index in [-0.39, 0.29) is 30.4 Å². The maximum atomic E-state index is 14.0. The first-order chi connectivity index (χ1) is 20.9. The first-order valence-electron chi connectivity index (χ1n) is 15.7. The maximum absolute atomic E-state index is 14.0. The van der Waals surface area contributed by atoms with Gasteiger partial charge in [-0.1, -0.05) is 80.4 Å². The molecule has 230 valence electrons. The number of rotatable bonds is 11. The highest BCUT2D eigenvalue weighted by atomic mass is 16.2. The van der Waals surface area contributed by atoms with Crippen LogP contribution in [0.5, 0.6) is 0 Å². The number of nitrogens with one attached hydrogen (secondary N) is 3. The number of Topliss-reactive ketones (excluding diaryl/α,β-unsaturated/α-hetero) is 1. The van der Waals surface area contributed by atoms with E-state index in [9.17, 15) is 24.0 Å². The molecule has 4 unspecified atom stereocenters. The van der Waals surface area contributed by atoms with Crippen LogP contribution in [0.15, 0.2) is 60.7 Å². The number of carbonyl (C=O) groups excluding carboxylic acids is 5. The molecule has 3 N–H and O–H groups in total. The summed E-state index contributed by atoms with van der Waals surface area (Å²) in [6.45, 7) is 2.26. The Bertz CT molecular complexity index is 1250. The summed E-state index contributed by atoms with van der Waals surface area (Å²) >= 11 is 0. The van der Waals surface area contributed by atoms with Gasteiger partial charge in [0.05, 0.1) is 0 Å². The predicted octanol–water partition coefficient (Wildman–Crippen LogP) is 3.25. The van der Waals surface area contributed by atoms with Gasteiger partial charge in [0.2, 0.25) is 23.6 Å². The van der Waals surface area contributed by atoms with Gasteiger partial charge in [-0.2, -0.15) is 0 Å². The zero-order valence-corrected chi connectivity index (χ0v) is 25.1. The van der Waals surface area contributed by atoms with Crippen LogP contribution >= 0.6 is 0 Å². The third-order valence-corrected chi connectivity index (χ3v) is 8.38. The maximum Gasteiger partial charge on any atom is 0.246 e. The second kappa shape index (κ2) is 16.0. The quantitative estimate of drug-likeness (QED) is 0.348. The summed E-state index contributed by atoms with van der Waals surface area (Å²) in [5.74, 6) is -1.30. The molecule has 4 atom stereocenters. The number of benzene rings is 2. The van der Waals surface area contributed by atoms with Gasteiger partial charge in [0.15, 0.2) is 0 Å². The molecule has 2 aliphatic rings. The minimum Gasteiger partial charge on any atom is -0.343 e. The topological polar surface area (TPSA) is 125 Å². The molecule has 9 nitrogen and oxygen atoms in total. The number of carbonyl (C=O) groups is 5. The highest BCUT2D eigenvalue weighted by Gasteiger charge is 2.39. The van der Waals surface area contributed by atoms with Crippen LogP contribution in [0.3, 0.4) is 0 Å². The molecule has 0 bridgehead atoms. The Morgan fingerprint density at radius 3 is 1.95 bits per heavy atom. The molecular weight excluding hydrogens is 544 g/mol. The van der Waals surface area contributed by atoms with Crippen molar-refractivity contribution in [2.24, 2.45) is 0 Å². The average molecular weight is 589 g/mol. The minimum atomic E-state index is -0.945. The zero-order valence-electron chi connectivity index (χ0n) is 25.1. The molecule has 0 spiro atoms. The van der Waals surface area contributed by atoms with Crippen LogP contribution in [0, 0.1) is 0 Å². The van der Waals surface area contributed by atoms with Crippen molar-refractivity contribution in [1.82, 2.24) is 20.9 Å². The predicted molar refractivity (Wildman–Crippen MR) is 164 cm³/mol. The Labute approximate surface area is 254 Å². The fourth-order valence-electron chi connectivity index (χ4n) is 5.88. The number of hydrogen-bond acceptors (Lipinski definition) is 5. The Hall–Kier alpha value is -4.01. The molecule has 0 aliphatic carbocycles. The summed E-state index contributed by atoms with van der Waals surface area (Å²) in [6, 6.07) is 15.5. The fourth-order valence-corrected chi connectivity index (χ4v) is 5.88. The molecule has 4 amide bonds. The Balaban J connectivity index is 1.61. The van der Waals surface area contributed by atoms with E-state index in [4.69, 9.17) is 0 Å². The van der Waals surface area contributed by atoms with E-state index in [1.807, 2.05) is 67.6 Å². The molecule has 43 heavy (non-hydrogen) atoms. The second-order valence-electron chi connectivity index (χ2n) is 11.6. The largest absolute Gasteiger partial charge is 0.343 e. The van der Waals surface area contributed by atoms with Crippen molar-refractivity contribution in [3.05, 3.63) is 71.8 Å². The van der Waals surface area contributed by atoms with Gasteiger partial charge in [0, 0.05) is 32.2 Å². The third kappa shape index (κ3) is 9.24. The van der Waals surface area contributed by atoms with Crippen molar-refractivity contribution in [2.75, 3.05) is 6.54 Å². The molecular formula is C34H44N4O5. The van der Waals surface area contributed by atoms with Crippen molar-refractivity contribution >= 4 is 29.4 Å². The molecule has 0 radical (unpaired) electrons. The number of ketones is 1. The fraction of sp³-hybridized carbons (Fsp3) is 0.500. The van der Waals surface area contributed by atoms with Crippen LogP contribution in [0.2, 0.25) is 0 Å². The van der Waals surface area contributed by atoms with Crippen molar-refractivity contribution in [3.8, 4) is 0 Å². The first-order valence-corrected chi connectivity index (χ1v) is 15.7. The van der Waals surface area contributed by atoms with Crippen molar-refractivity contribution in [1.29, 1.82) is 0 Å². The SMILES string of the molecule is CCC(=O)CCCCCC1NC(=O)C2CCCCN2C(=O)C(Cc2ccccc2)NC(=O)C(Cc2ccccc2)NC1=O. The van der Waals surface area contributed by atoms with E-state index in [1.54, 1.807) is 4.90 Å². The summed E-state index contributed by atoms with van der Waals surface area (Å²) in [4.78, 5) is 68.5. The molecule has 2 aromatic carbocycles. The summed E-state index contributed by atoms with van der Waals surface area (Å²) in [7, 11) is 0. The van der Waals surface area contributed by atoms with E-state index < -0.39 is 36.0 Å². The van der Waals surface area contributed by atoms with Crippen molar-refractivity contribution in [2.45, 2.75) is 102 Å². The number of fused-ring (bicyclic) bond motifs is 1. The molecule has 9 heteroatoms. The van der Waals surface area contributed by atoms with Crippen molar-refractivity contribution in [3.63, 3.8) is 0 Å². The van der Waals surface area contributed by atoms with E-state index in [0.717, 1.165) is 36.8 Å². The number of piperidine rings is 1. The van der Waals surface area contributed by atoms with Gasteiger partial charge in [-0.3, -0.25) is 24.0 Å². The van der Waals surface area contributed by atoms with Gasteiger partial charge in [0.25, 0.3) is 0 Å². The summed E-state index contributed by atoms with van der Waals surface area (Å²) in [6.07, 6.45) is 6.03. The molecule has 0 aromatic heterocycles. The van der Waals surface area contributed by atoms with Crippen molar-refractivity contribution < 1.29 is 24.0 Å². The monoisotopic (exact) mass is 588 g/mol. The summed E-state index contributed by atoms with van der Waals surface area (Å²) in [5, 5.41) is 8.79. The Morgan fingerprint density at radius 2 is 1.30 bits per heavy atom. The van der Waals surface area contributed by atoms with E-state index in [0.29, 0.717) is 38.6 Å². The Morgan fingerprint density at radius 1 is 0.721 bits per heavy atom. The van der Waals surface area contributed by atoms with Gasteiger partial charge in [0.1, 0.15) is 30.0 Å². The first kappa shape index (κ1) is 31.9. The van der Waals surface area contributed by atoms with Gasteiger partial charge in [-0.15, -0.1) is 0 Å². The van der Waals surface area contributed by atoms with Crippen LogP contribution in [0.4, 0.5) is 0 Å². The molecule has 4 rings (SSSR count). The van der Waals surface area contributed by atoms with Gasteiger partial charge in [-0.05, 0) is 43.2 Å². The van der Waals surface area contributed by atoms with E-state index in [2.05, 4.69) is 16.0 Å².